The number of hydrogen-bond acceptors (Lipinski definition) is 4. The van der Waals surface area contributed by atoms with Gasteiger partial charge in [0.05, 0.1) is 0 Å². The van der Waals surface area contributed by atoms with Crippen molar-refractivity contribution in [3.05, 3.63) is 17.6 Å². The Morgan fingerprint density at radius 1 is 1.24 bits per heavy atom. The Balaban J connectivity index is 1.71. The van der Waals surface area contributed by atoms with E-state index in [4.69, 9.17) is 0 Å². The number of rotatable bonds is 2. The van der Waals surface area contributed by atoms with Gasteiger partial charge in [-0.05, 0) is 52.2 Å². The van der Waals surface area contributed by atoms with Crippen molar-refractivity contribution in [3.8, 4) is 0 Å². The van der Waals surface area contributed by atoms with E-state index in [0.29, 0.717) is 6.04 Å². The van der Waals surface area contributed by atoms with Crippen molar-refractivity contribution in [3.63, 3.8) is 0 Å². The molecule has 4 nitrogen and oxygen atoms in total. The SMILES string of the molecule is CN1CCC(Nc2ncnc3c2CCC3)CC1. The van der Waals surface area contributed by atoms with E-state index in [1.807, 2.05) is 0 Å². The lowest BCUT2D eigenvalue weighted by Crippen LogP contribution is -2.37. The summed E-state index contributed by atoms with van der Waals surface area (Å²) in [5.74, 6) is 1.10. The average molecular weight is 232 g/mol. The minimum Gasteiger partial charge on any atom is -0.367 e. The lowest BCUT2D eigenvalue weighted by atomic mass is 10.1. The number of likely N-dealkylation sites (tertiary alicyclic amines) is 1. The molecule has 1 N–H and O–H groups in total. The topological polar surface area (TPSA) is 41.0 Å². The van der Waals surface area contributed by atoms with Crippen molar-refractivity contribution in [2.45, 2.75) is 38.1 Å². The Bertz CT molecular complexity index is 396. The Morgan fingerprint density at radius 2 is 2.06 bits per heavy atom. The van der Waals surface area contributed by atoms with E-state index in [2.05, 4.69) is 27.2 Å². The fraction of sp³-hybridized carbons (Fsp3) is 0.692. The molecule has 0 unspecified atom stereocenters. The summed E-state index contributed by atoms with van der Waals surface area (Å²) in [6, 6.07) is 0.589. The highest BCUT2D eigenvalue weighted by Gasteiger charge is 2.21. The zero-order chi connectivity index (χ0) is 11.7. The van der Waals surface area contributed by atoms with Gasteiger partial charge in [0.1, 0.15) is 12.1 Å². The predicted molar refractivity (Wildman–Crippen MR) is 68.2 cm³/mol. The van der Waals surface area contributed by atoms with Crippen LogP contribution in [0.5, 0.6) is 0 Å². The second kappa shape index (κ2) is 4.61. The first kappa shape index (κ1) is 11.0. The van der Waals surface area contributed by atoms with Crippen LogP contribution in [0, 0.1) is 0 Å². The molecule has 4 heteroatoms. The van der Waals surface area contributed by atoms with Gasteiger partial charge >= 0.3 is 0 Å². The van der Waals surface area contributed by atoms with Crippen molar-refractivity contribution in [2.24, 2.45) is 0 Å². The molecule has 0 amide bonds. The summed E-state index contributed by atoms with van der Waals surface area (Å²) < 4.78 is 0. The molecule has 1 saturated heterocycles. The largest absolute Gasteiger partial charge is 0.367 e. The minimum atomic E-state index is 0.589. The van der Waals surface area contributed by atoms with E-state index in [1.54, 1.807) is 6.33 Å². The van der Waals surface area contributed by atoms with Crippen LogP contribution in [0.4, 0.5) is 5.82 Å². The smallest absolute Gasteiger partial charge is 0.133 e. The molecule has 1 aliphatic heterocycles. The molecule has 0 saturated carbocycles. The minimum absolute atomic E-state index is 0.589. The third-order valence-electron chi connectivity index (χ3n) is 3.93. The Labute approximate surface area is 102 Å². The predicted octanol–water partition coefficient (Wildman–Crippen LogP) is 1.47. The third kappa shape index (κ3) is 2.27. The quantitative estimate of drug-likeness (QED) is 0.838. The summed E-state index contributed by atoms with van der Waals surface area (Å²) in [7, 11) is 2.19. The van der Waals surface area contributed by atoms with E-state index in [1.165, 1.54) is 43.6 Å². The second-order valence-corrected chi connectivity index (χ2v) is 5.22. The summed E-state index contributed by atoms with van der Waals surface area (Å²) in [5, 5.41) is 3.62. The van der Waals surface area contributed by atoms with E-state index >= 15 is 0 Å². The van der Waals surface area contributed by atoms with Crippen molar-refractivity contribution >= 4 is 5.82 Å². The Kier molecular flexibility index (Phi) is 2.97. The highest BCUT2D eigenvalue weighted by molar-refractivity contribution is 5.48. The van der Waals surface area contributed by atoms with E-state index in [-0.39, 0.29) is 0 Å². The molecule has 92 valence electrons. The number of hydrogen-bond donors (Lipinski definition) is 1. The maximum Gasteiger partial charge on any atom is 0.133 e. The van der Waals surface area contributed by atoms with Gasteiger partial charge in [0, 0.05) is 17.3 Å². The second-order valence-electron chi connectivity index (χ2n) is 5.22. The molecular weight excluding hydrogens is 212 g/mol. The zero-order valence-electron chi connectivity index (χ0n) is 10.4. The van der Waals surface area contributed by atoms with Crippen LogP contribution < -0.4 is 5.32 Å². The summed E-state index contributed by atoms with van der Waals surface area (Å²) in [5.41, 5.74) is 2.63. The molecule has 1 aromatic rings. The van der Waals surface area contributed by atoms with Crippen molar-refractivity contribution in [1.29, 1.82) is 0 Å². The molecule has 3 rings (SSSR count). The zero-order valence-corrected chi connectivity index (χ0v) is 10.4. The number of nitrogens with one attached hydrogen (secondary N) is 1. The van der Waals surface area contributed by atoms with E-state index in [9.17, 15) is 0 Å². The van der Waals surface area contributed by atoms with Crippen LogP contribution in [0.3, 0.4) is 0 Å². The number of fused-ring (bicyclic) bond motifs is 1. The normalized spacial score (nSPS) is 21.5. The average Bonchev–Trinajstić information content (AvgIpc) is 2.81. The molecule has 1 aromatic heterocycles. The first-order valence-electron chi connectivity index (χ1n) is 6.61. The standard InChI is InChI=1S/C13H20N4/c1-17-7-5-10(6-8-17)16-13-11-3-2-4-12(11)14-9-15-13/h9-10H,2-8H2,1H3,(H,14,15,16). The maximum atomic E-state index is 4.43. The van der Waals surface area contributed by atoms with Gasteiger partial charge in [0.15, 0.2) is 0 Å². The van der Waals surface area contributed by atoms with Gasteiger partial charge in [0.25, 0.3) is 0 Å². The highest BCUT2D eigenvalue weighted by Crippen LogP contribution is 2.26. The summed E-state index contributed by atoms with van der Waals surface area (Å²) >= 11 is 0. The van der Waals surface area contributed by atoms with Gasteiger partial charge in [-0.2, -0.15) is 0 Å². The summed E-state index contributed by atoms with van der Waals surface area (Å²) in [4.78, 5) is 11.2. The Hall–Kier alpha value is -1.16. The Morgan fingerprint density at radius 3 is 2.88 bits per heavy atom. The molecule has 1 aliphatic carbocycles. The van der Waals surface area contributed by atoms with Crippen molar-refractivity contribution in [2.75, 3.05) is 25.5 Å². The molecule has 0 radical (unpaired) electrons. The van der Waals surface area contributed by atoms with Gasteiger partial charge in [-0.1, -0.05) is 0 Å². The van der Waals surface area contributed by atoms with Crippen molar-refractivity contribution in [1.82, 2.24) is 14.9 Å². The number of piperidine rings is 1. The fourth-order valence-corrected chi connectivity index (χ4v) is 2.83. The number of aromatic nitrogens is 2. The van der Waals surface area contributed by atoms with Crippen LogP contribution >= 0.6 is 0 Å². The van der Waals surface area contributed by atoms with Gasteiger partial charge in [-0.25, -0.2) is 9.97 Å². The molecule has 1 fully saturated rings. The summed E-state index contributed by atoms with van der Waals surface area (Å²) in [6.07, 6.45) is 7.65. The van der Waals surface area contributed by atoms with E-state index < -0.39 is 0 Å². The molecule has 0 spiro atoms. The molecule has 0 aromatic carbocycles. The van der Waals surface area contributed by atoms with Gasteiger partial charge < -0.3 is 10.2 Å². The molecule has 0 atom stereocenters. The van der Waals surface area contributed by atoms with Gasteiger partial charge in [-0.3, -0.25) is 0 Å². The van der Waals surface area contributed by atoms with Crippen LogP contribution in [-0.4, -0.2) is 41.0 Å². The van der Waals surface area contributed by atoms with Crippen LogP contribution in [0.25, 0.3) is 0 Å². The monoisotopic (exact) mass is 232 g/mol. The van der Waals surface area contributed by atoms with Crippen LogP contribution in [0.2, 0.25) is 0 Å². The van der Waals surface area contributed by atoms with Crippen molar-refractivity contribution < 1.29 is 0 Å². The van der Waals surface area contributed by atoms with Crippen LogP contribution in [0.15, 0.2) is 6.33 Å². The first-order chi connectivity index (χ1) is 8.33. The number of aryl methyl sites for hydroxylation is 1. The highest BCUT2D eigenvalue weighted by atomic mass is 15.1. The van der Waals surface area contributed by atoms with Crippen LogP contribution in [-0.2, 0) is 12.8 Å². The van der Waals surface area contributed by atoms with Gasteiger partial charge in [0.2, 0.25) is 0 Å². The first-order valence-corrected chi connectivity index (χ1v) is 6.61. The lowest BCUT2D eigenvalue weighted by molar-refractivity contribution is 0.263. The summed E-state index contributed by atoms with van der Waals surface area (Å²) in [6.45, 7) is 2.37. The van der Waals surface area contributed by atoms with E-state index in [0.717, 1.165) is 18.7 Å². The van der Waals surface area contributed by atoms with Gasteiger partial charge in [-0.15, -0.1) is 0 Å². The third-order valence-corrected chi connectivity index (χ3v) is 3.93. The number of nitrogens with zero attached hydrogens (tertiary/aromatic N) is 3. The lowest BCUT2D eigenvalue weighted by Gasteiger charge is -2.30. The van der Waals surface area contributed by atoms with Crippen LogP contribution in [0.1, 0.15) is 30.5 Å². The number of anilines is 1. The molecule has 2 heterocycles. The molecule has 2 aliphatic rings. The fourth-order valence-electron chi connectivity index (χ4n) is 2.83. The molecule has 0 bridgehead atoms. The maximum absolute atomic E-state index is 4.43. The molecular formula is C13H20N4. The molecule has 17 heavy (non-hydrogen) atoms.